The smallest absolute Gasteiger partial charge is 0.233 e. The van der Waals surface area contributed by atoms with E-state index in [0.29, 0.717) is 5.56 Å². The van der Waals surface area contributed by atoms with Gasteiger partial charge in [-0.25, -0.2) is 0 Å². The first kappa shape index (κ1) is 10.7. The molecule has 14 heavy (non-hydrogen) atoms. The minimum Gasteiger partial charge on any atom is -0.285 e. The quantitative estimate of drug-likeness (QED) is 0.672. The molecule has 1 aromatic rings. The fourth-order valence-corrected chi connectivity index (χ4v) is 3.34. The van der Waals surface area contributed by atoms with Crippen LogP contribution < -0.4 is 5.19 Å². The SMILES string of the molecule is C=C[SiH](C=C)c1c(C)cccc1[C]=O. The number of aryl methyl sites for hydroxylation is 1. The molecule has 2 heteroatoms. The normalized spacial score (nSPS) is 9.86. The molecule has 1 radical (unpaired) electrons. The van der Waals surface area contributed by atoms with Gasteiger partial charge in [0.15, 0.2) is 0 Å². The summed E-state index contributed by atoms with van der Waals surface area (Å²) in [7, 11) is -1.38. The van der Waals surface area contributed by atoms with Crippen molar-refractivity contribution in [3.8, 4) is 0 Å². The summed E-state index contributed by atoms with van der Waals surface area (Å²) in [5.74, 6) is 0. The summed E-state index contributed by atoms with van der Waals surface area (Å²) in [4.78, 5) is 10.7. The van der Waals surface area contributed by atoms with E-state index in [0.717, 1.165) is 10.8 Å². The lowest BCUT2D eigenvalue weighted by Crippen LogP contribution is -2.31. The van der Waals surface area contributed by atoms with Gasteiger partial charge in [-0.1, -0.05) is 35.2 Å². The number of carbonyl (C=O) groups excluding carboxylic acids is 1. The molecule has 0 spiro atoms. The largest absolute Gasteiger partial charge is 0.285 e. The summed E-state index contributed by atoms with van der Waals surface area (Å²) in [6.45, 7) is 9.57. The Bertz CT molecular complexity index is 361. The predicted molar refractivity (Wildman–Crippen MR) is 63.2 cm³/mol. The van der Waals surface area contributed by atoms with E-state index < -0.39 is 8.80 Å². The number of hydrogen-bond acceptors (Lipinski definition) is 1. The summed E-state index contributed by atoms with van der Waals surface area (Å²) in [6, 6.07) is 5.67. The molecule has 0 fully saturated rings. The maximum absolute atomic E-state index is 10.7. The van der Waals surface area contributed by atoms with Crippen LogP contribution in [0.15, 0.2) is 42.8 Å². The molecule has 1 aromatic carbocycles. The second-order valence-corrected chi connectivity index (χ2v) is 5.71. The maximum Gasteiger partial charge on any atom is 0.233 e. The van der Waals surface area contributed by atoms with Gasteiger partial charge in [0.2, 0.25) is 6.29 Å². The Hall–Kier alpha value is -1.41. The molecule has 1 nitrogen and oxygen atoms in total. The standard InChI is InChI=1S/C12H13OSi/c1-4-14(5-2)12-10(3)7-6-8-11(12)9-13/h4-8,14H,1-2H2,3H3. The van der Waals surface area contributed by atoms with E-state index in [9.17, 15) is 4.79 Å². The molecule has 0 bridgehead atoms. The van der Waals surface area contributed by atoms with Crippen LogP contribution in [0, 0.1) is 6.92 Å². The Kier molecular flexibility index (Phi) is 3.60. The zero-order valence-corrected chi connectivity index (χ0v) is 9.44. The van der Waals surface area contributed by atoms with E-state index in [4.69, 9.17) is 0 Å². The molecule has 0 unspecified atom stereocenters. The lowest BCUT2D eigenvalue weighted by Gasteiger charge is -2.11. The van der Waals surface area contributed by atoms with Crippen LogP contribution in [-0.4, -0.2) is 15.1 Å². The van der Waals surface area contributed by atoms with E-state index >= 15 is 0 Å². The van der Waals surface area contributed by atoms with Gasteiger partial charge in [-0.15, -0.1) is 13.2 Å². The van der Waals surface area contributed by atoms with Crippen LogP contribution in [0.4, 0.5) is 0 Å². The average molecular weight is 201 g/mol. The summed E-state index contributed by atoms with van der Waals surface area (Å²) < 4.78 is 0. The monoisotopic (exact) mass is 201 g/mol. The molecule has 0 atom stereocenters. The highest BCUT2D eigenvalue weighted by Crippen LogP contribution is 2.02. The van der Waals surface area contributed by atoms with E-state index in [1.807, 2.05) is 36.7 Å². The highest BCUT2D eigenvalue weighted by molar-refractivity contribution is 6.83. The molecule has 0 N–H and O–H groups in total. The van der Waals surface area contributed by atoms with Crippen LogP contribution in [0.5, 0.6) is 0 Å². The van der Waals surface area contributed by atoms with Gasteiger partial charge in [-0.2, -0.15) is 0 Å². The third-order valence-electron chi connectivity index (χ3n) is 2.28. The van der Waals surface area contributed by atoms with Crippen LogP contribution in [0.3, 0.4) is 0 Å². The van der Waals surface area contributed by atoms with E-state index in [2.05, 4.69) is 13.2 Å². The fourth-order valence-electron chi connectivity index (χ4n) is 1.54. The molecular formula is C12H13OSi. The number of benzene rings is 1. The second-order valence-electron chi connectivity index (χ2n) is 3.14. The van der Waals surface area contributed by atoms with Crippen molar-refractivity contribution in [2.75, 3.05) is 0 Å². The molecule has 0 aliphatic rings. The van der Waals surface area contributed by atoms with Gasteiger partial charge < -0.3 is 0 Å². The molecular weight excluding hydrogens is 188 g/mol. The van der Waals surface area contributed by atoms with Gasteiger partial charge >= 0.3 is 0 Å². The Morgan fingerprint density at radius 2 is 2.00 bits per heavy atom. The average Bonchev–Trinajstić information content (AvgIpc) is 2.22. The van der Waals surface area contributed by atoms with Crippen LogP contribution in [0.2, 0.25) is 0 Å². The summed E-state index contributed by atoms with van der Waals surface area (Å²) in [5, 5.41) is 1.09. The minimum absolute atomic E-state index is 0.654. The molecule has 0 saturated heterocycles. The maximum atomic E-state index is 10.7. The fraction of sp³-hybridized carbons (Fsp3) is 0.0833. The van der Waals surface area contributed by atoms with Crippen molar-refractivity contribution >= 4 is 20.3 Å². The van der Waals surface area contributed by atoms with Crippen molar-refractivity contribution in [3.05, 3.63) is 53.9 Å². The third-order valence-corrected chi connectivity index (χ3v) is 4.72. The molecule has 0 aliphatic carbocycles. The Morgan fingerprint density at radius 3 is 2.50 bits per heavy atom. The van der Waals surface area contributed by atoms with Gasteiger partial charge in [0.1, 0.15) is 8.80 Å². The topological polar surface area (TPSA) is 17.1 Å². The minimum atomic E-state index is -1.38. The summed E-state index contributed by atoms with van der Waals surface area (Å²) in [6.07, 6.45) is 1.97. The summed E-state index contributed by atoms with van der Waals surface area (Å²) >= 11 is 0. The van der Waals surface area contributed by atoms with Gasteiger partial charge in [0, 0.05) is 5.56 Å². The van der Waals surface area contributed by atoms with Crippen molar-refractivity contribution in [1.82, 2.24) is 0 Å². The van der Waals surface area contributed by atoms with Crippen LogP contribution >= 0.6 is 0 Å². The lowest BCUT2D eigenvalue weighted by molar-refractivity contribution is 0.563. The van der Waals surface area contributed by atoms with Crippen LogP contribution in [0.25, 0.3) is 0 Å². The Morgan fingerprint density at radius 1 is 1.36 bits per heavy atom. The van der Waals surface area contributed by atoms with Gasteiger partial charge in [-0.05, 0) is 12.1 Å². The van der Waals surface area contributed by atoms with E-state index in [1.165, 1.54) is 0 Å². The molecule has 0 saturated carbocycles. The first-order chi connectivity index (χ1) is 6.74. The number of rotatable bonds is 4. The first-order valence-electron chi connectivity index (χ1n) is 4.47. The lowest BCUT2D eigenvalue weighted by atomic mass is 10.1. The van der Waals surface area contributed by atoms with Crippen molar-refractivity contribution in [3.63, 3.8) is 0 Å². The molecule has 0 heterocycles. The highest BCUT2D eigenvalue weighted by Gasteiger charge is 2.12. The molecule has 0 aromatic heterocycles. The van der Waals surface area contributed by atoms with Gasteiger partial charge in [0.25, 0.3) is 0 Å². The third kappa shape index (κ3) is 1.91. The highest BCUT2D eigenvalue weighted by atomic mass is 28.3. The van der Waals surface area contributed by atoms with Crippen molar-refractivity contribution in [2.45, 2.75) is 6.92 Å². The predicted octanol–water partition coefficient (Wildman–Crippen LogP) is 1.34. The summed E-state index contributed by atoms with van der Waals surface area (Å²) in [5.41, 5.74) is 5.61. The zero-order chi connectivity index (χ0) is 10.6. The van der Waals surface area contributed by atoms with Crippen molar-refractivity contribution in [1.29, 1.82) is 0 Å². The van der Waals surface area contributed by atoms with Crippen molar-refractivity contribution < 1.29 is 4.79 Å². The Labute approximate surface area is 86.4 Å². The van der Waals surface area contributed by atoms with Gasteiger partial charge in [-0.3, -0.25) is 4.79 Å². The second kappa shape index (κ2) is 4.72. The molecule has 1 rings (SSSR count). The van der Waals surface area contributed by atoms with Crippen molar-refractivity contribution in [2.24, 2.45) is 0 Å². The molecule has 0 aliphatic heterocycles. The molecule has 71 valence electrons. The van der Waals surface area contributed by atoms with E-state index in [-0.39, 0.29) is 0 Å². The van der Waals surface area contributed by atoms with Crippen LogP contribution in [0.1, 0.15) is 11.1 Å². The van der Waals surface area contributed by atoms with Gasteiger partial charge in [0.05, 0.1) is 0 Å². The first-order valence-corrected chi connectivity index (χ1v) is 6.38. The van der Waals surface area contributed by atoms with E-state index in [1.54, 1.807) is 6.07 Å². The number of hydrogen-bond donors (Lipinski definition) is 0. The zero-order valence-electron chi connectivity index (χ0n) is 8.29. The van der Waals surface area contributed by atoms with Crippen LogP contribution in [-0.2, 0) is 4.79 Å². The molecule has 0 amide bonds. The Balaban J connectivity index is 3.35.